The Morgan fingerprint density at radius 1 is 0.917 bits per heavy atom. The molecule has 0 fully saturated rings. The van der Waals surface area contributed by atoms with E-state index in [1.807, 2.05) is 18.2 Å². The first-order valence-electron chi connectivity index (χ1n) is 8.71. The summed E-state index contributed by atoms with van der Waals surface area (Å²) in [5, 5.41) is 21.9. The van der Waals surface area contributed by atoms with Gasteiger partial charge in [-0.1, -0.05) is 85.7 Å². The van der Waals surface area contributed by atoms with Crippen LogP contribution in [-0.4, -0.2) is 16.3 Å². The van der Waals surface area contributed by atoms with E-state index in [9.17, 15) is 10.2 Å². The molecule has 24 heavy (non-hydrogen) atoms. The molecular formula is C22H32O2. The zero-order chi connectivity index (χ0) is 18.5. The zero-order valence-corrected chi connectivity index (χ0v) is 16.4. The van der Waals surface area contributed by atoms with Crippen LogP contribution in [0.25, 0.3) is 5.57 Å². The number of hydrogen-bond acceptors (Lipinski definition) is 2. The normalized spacial score (nSPS) is 21.3. The largest absolute Gasteiger partial charge is 0.507 e. The van der Waals surface area contributed by atoms with Gasteiger partial charge in [0, 0.05) is 11.0 Å². The van der Waals surface area contributed by atoms with Crippen molar-refractivity contribution < 1.29 is 10.2 Å². The van der Waals surface area contributed by atoms with Crippen LogP contribution >= 0.6 is 0 Å². The molecule has 0 saturated heterocycles. The molecule has 1 aliphatic carbocycles. The molecule has 0 saturated carbocycles. The van der Waals surface area contributed by atoms with Gasteiger partial charge in [-0.3, -0.25) is 0 Å². The second-order valence-electron chi connectivity index (χ2n) is 9.63. The van der Waals surface area contributed by atoms with Gasteiger partial charge in [0.1, 0.15) is 11.9 Å². The Balaban J connectivity index is 2.63. The molecule has 2 N–H and O–H groups in total. The number of rotatable bonds is 1. The van der Waals surface area contributed by atoms with E-state index < -0.39 is 6.10 Å². The predicted molar refractivity (Wildman–Crippen MR) is 102 cm³/mol. The van der Waals surface area contributed by atoms with Gasteiger partial charge in [0.15, 0.2) is 0 Å². The van der Waals surface area contributed by atoms with Gasteiger partial charge in [0.25, 0.3) is 0 Å². The minimum atomic E-state index is -0.695. The van der Waals surface area contributed by atoms with Crippen LogP contribution < -0.4 is 0 Å². The highest BCUT2D eigenvalue weighted by molar-refractivity contribution is 5.78. The number of allylic oxidation sites excluding steroid dienone is 2. The number of aromatic hydroxyl groups is 1. The van der Waals surface area contributed by atoms with Crippen molar-refractivity contribution in [1.82, 2.24) is 0 Å². The molecule has 0 bridgehead atoms. The van der Waals surface area contributed by atoms with Gasteiger partial charge < -0.3 is 10.2 Å². The number of phenols is 1. The molecule has 1 aromatic rings. The van der Waals surface area contributed by atoms with Gasteiger partial charge in [-0.25, -0.2) is 0 Å². The van der Waals surface area contributed by atoms with Gasteiger partial charge >= 0.3 is 0 Å². The van der Waals surface area contributed by atoms with Gasteiger partial charge in [-0.05, 0) is 27.5 Å². The molecule has 2 heteroatoms. The highest BCUT2D eigenvalue weighted by Crippen LogP contribution is 2.46. The summed E-state index contributed by atoms with van der Waals surface area (Å²) in [6.45, 7) is 16.9. The summed E-state index contributed by atoms with van der Waals surface area (Å²) in [7, 11) is 0. The third-order valence-corrected chi connectivity index (χ3v) is 4.67. The molecule has 0 heterocycles. The first kappa shape index (κ1) is 18.8. The van der Waals surface area contributed by atoms with Crippen LogP contribution in [0, 0.1) is 10.8 Å². The number of aliphatic hydroxyl groups excluding tert-OH is 1. The third kappa shape index (κ3) is 3.59. The van der Waals surface area contributed by atoms with Crippen LogP contribution in [0.1, 0.15) is 66.5 Å². The van der Waals surface area contributed by atoms with Crippen LogP contribution in [0.15, 0.2) is 35.9 Å². The van der Waals surface area contributed by atoms with E-state index in [-0.39, 0.29) is 22.0 Å². The Morgan fingerprint density at radius 2 is 1.50 bits per heavy atom. The smallest absolute Gasteiger partial charge is 0.126 e. The van der Waals surface area contributed by atoms with E-state index in [2.05, 4.69) is 67.5 Å². The minimum absolute atomic E-state index is 0.131. The molecule has 2 nitrogen and oxygen atoms in total. The Bertz CT molecular complexity index is 692. The quantitative estimate of drug-likeness (QED) is 0.673. The Hall–Kier alpha value is -1.54. The Morgan fingerprint density at radius 3 is 2.00 bits per heavy atom. The second-order valence-corrected chi connectivity index (χ2v) is 9.63. The summed E-state index contributed by atoms with van der Waals surface area (Å²) < 4.78 is 0. The van der Waals surface area contributed by atoms with E-state index in [1.165, 1.54) is 0 Å². The Labute approximate surface area is 146 Å². The molecule has 132 valence electrons. The summed E-state index contributed by atoms with van der Waals surface area (Å²) in [6, 6.07) is 5.83. The number of phenolic OH excluding ortho intramolecular Hbond substituents is 1. The molecule has 1 aliphatic rings. The van der Waals surface area contributed by atoms with Crippen molar-refractivity contribution in [3.8, 4) is 5.75 Å². The lowest BCUT2D eigenvalue weighted by Gasteiger charge is -2.37. The number of benzene rings is 1. The molecule has 0 aliphatic heterocycles. The lowest BCUT2D eigenvalue weighted by Crippen LogP contribution is -2.30. The van der Waals surface area contributed by atoms with E-state index in [1.54, 1.807) is 0 Å². The summed E-state index contributed by atoms with van der Waals surface area (Å²) in [4.78, 5) is 0. The van der Waals surface area contributed by atoms with Gasteiger partial charge in [0.2, 0.25) is 0 Å². The van der Waals surface area contributed by atoms with E-state index >= 15 is 0 Å². The first-order chi connectivity index (χ1) is 10.7. The maximum absolute atomic E-state index is 11.0. The fourth-order valence-corrected chi connectivity index (χ4v) is 3.40. The predicted octanol–water partition coefficient (Wildman–Crippen LogP) is 5.45. The van der Waals surface area contributed by atoms with E-state index in [0.29, 0.717) is 0 Å². The topological polar surface area (TPSA) is 40.5 Å². The van der Waals surface area contributed by atoms with Crippen molar-refractivity contribution in [2.24, 2.45) is 10.8 Å². The molecule has 0 aromatic heterocycles. The lowest BCUT2D eigenvalue weighted by atomic mass is 9.70. The highest BCUT2D eigenvalue weighted by Gasteiger charge is 2.35. The fraction of sp³-hybridized carbons (Fsp3) is 0.545. The van der Waals surface area contributed by atoms with Crippen molar-refractivity contribution in [3.63, 3.8) is 0 Å². The van der Waals surface area contributed by atoms with Gasteiger partial charge in [0.05, 0.1) is 0 Å². The van der Waals surface area contributed by atoms with Crippen molar-refractivity contribution in [2.75, 3.05) is 0 Å². The molecule has 1 atom stereocenters. The monoisotopic (exact) mass is 328 g/mol. The van der Waals surface area contributed by atoms with Crippen LogP contribution in [0.4, 0.5) is 0 Å². The molecular weight excluding hydrogens is 296 g/mol. The SMILES string of the molecule is CC1(C)C=C(c2cccc(C(C)(C)C)c2O)C(O)C(C(C)(C)C)=C1. The summed E-state index contributed by atoms with van der Waals surface area (Å²) in [5.74, 6) is 0.279. The third-order valence-electron chi connectivity index (χ3n) is 4.67. The van der Waals surface area contributed by atoms with Crippen LogP contribution in [0.3, 0.4) is 0 Å². The van der Waals surface area contributed by atoms with Crippen molar-refractivity contribution >= 4 is 5.57 Å². The van der Waals surface area contributed by atoms with Crippen LogP contribution in [-0.2, 0) is 5.41 Å². The Kier molecular flexibility index (Phi) is 4.52. The van der Waals surface area contributed by atoms with Gasteiger partial charge in [-0.15, -0.1) is 0 Å². The average molecular weight is 328 g/mol. The molecule has 1 unspecified atom stereocenters. The fourth-order valence-electron chi connectivity index (χ4n) is 3.40. The van der Waals surface area contributed by atoms with Crippen molar-refractivity contribution in [2.45, 2.75) is 66.9 Å². The summed E-state index contributed by atoms with van der Waals surface area (Å²) in [6.07, 6.45) is 3.54. The van der Waals surface area contributed by atoms with Gasteiger partial charge in [-0.2, -0.15) is 0 Å². The number of hydrogen-bond donors (Lipinski definition) is 2. The number of aliphatic hydroxyl groups is 1. The van der Waals surface area contributed by atoms with Crippen LogP contribution in [0.2, 0.25) is 0 Å². The summed E-state index contributed by atoms with van der Waals surface area (Å²) in [5.41, 5.74) is 2.99. The van der Waals surface area contributed by atoms with Crippen molar-refractivity contribution in [1.29, 1.82) is 0 Å². The number of para-hydroxylation sites is 1. The van der Waals surface area contributed by atoms with E-state index in [0.717, 1.165) is 22.3 Å². The second kappa shape index (κ2) is 5.77. The van der Waals surface area contributed by atoms with Crippen LogP contribution in [0.5, 0.6) is 5.75 Å². The van der Waals surface area contributed by atoms with Crippen molar-refractivity contribution in [3.05, 3.63) is 47.1 Å². The maximum Gasteiger partial charge on any atom is 0.126 e. The standard InChI is InChI=1S/C22H32O2/c1-20(2,3)16-11-9-10-14(18(16)23)15-12-22(7,8)13-17(19(15)24)21(4,5)6/h9-13,19,23-24H,1-8H3. The molecule has 0 amide bonds. The van der Waals surface area contributed by atoms with E-state index in [4.69, 9.17) is 0 Å². The average Bonchev–Trinajstić information content (AvgIpc) is 2.39. The molecule has 0 spiro atoms. The lowest BCUT2D eigenvalue weighted by molar-refractivity contribution is 0.229. The molecule has 0 radical (unpaired) electrons. The summed E-state index contributed by atoms with van der Waals surface area (Å²) >= 11 is 0. The molecule has 2 rings (SSSR count). The zero-order valence-electron chi connectivity index (χ0n) is 16.4. The first-order valence-corrected chi connectivity index (χ1v) is 8.71. The maximum atomic E-state index is 11.0. The molecule has 1 aromatic carbocycles. The minimum Gasteiger partial charge on any atom is -0.507 e. The highest BCUT2D eigenvalue weighted by atomic mass is 16.3.